The molecule has 3 nitrogen and oxygen atoms in total. The topological polar surface area (TPSA) is 38.9 Å². The average Bonchev–Trinajstić information content (AvgIpc) is 3.62. The third-order valence-electron chi connectivity index (χ3n) is 10.8. The molecule has 0 spiro atoms. The van der Waals surface area contributed by atoms with E-state index in [9.17, 15) is 0 Å². The first kappa shape index (κ1) is 29.6. The molecule has 2 heterocycles. The predicted molar refractivity (Wildman–Crippen MR) is 221 cm³/mol. The lowest BCUT2D eigenvalue weighted by molar-refractivity contribution is 0.670. The van der Waals surface area contributed by atoms with Crippen LogP contribution < -0.4 is 0 Å². The van der Waals surface area contributed by atoms with Gasteiger partial charge in [-0.25, -0.2) is 0 Å². The van der Waals surface area contributed by atoms with Crippen LogP contribution in [0.2, 0.25) is 0 Å². The van der Waals surface area contributed by atoms with Crippen LogP contribution in [0.15, 0.2) is 187 Å². The predicted octanol–water partition coefficient (Wildman–Crippen LogP) is 13.7. The van der Waals surface area contributed by atoms with Crippen molar-refractivity contribution in [3.63, 3.8) is 0 Å². The molecule has 0 saturated carbocycles. The van der Waals surface area contributed by atoms with Crippen LogP contribution in [0.5, 0.6) is 0 Å². The van der Waals surface area contributed by atoms with Gasteiger partial charge in [-0.3, -0.25) is 9.97 Å². The fraction of sp³-hybridized carbons (Fsp3) is 0. The summed E-state index contributed by atoms with van der Waals surface area (Å²) in [6.07, 6.45) is 3.57. The largest absolute Gasteiger partial charge is 0.455 e. The molecule has 246 valence electrons. The van der Waals surface area contributed by atoms with Crippen LogP contribution in [0.1, 0.15) is 0 Å². The minimum Gasteiger partial charge on any atom is -0.455 e. The molecule has 0 aliphatic carbocycles. The number of benzene rings is 9. The van der Waals surface area contributed by atoms with Gasteiger partial charge >= 0.3 is 0 Å². The highest BCUT2D eigenvalue weighted by Gasteiger charge is 2.16. The van der Waals surface area contributed by atoms with Crippen molar-refractivity contribution in [2.75, 3.05) is 0 Å². The Balaban J connectivity index is 1.01. The molecular weight excluding hydrogens is 645 g/mol. The van der Waals surface area contributed by atoms with E-state index in [1.165, 1.54) is 49.4 Å². The molecule has 53 heavy (non-hydrogen) atoms. The van der Waals surface area contributed by atoms with Crippen molar-refractivity contribution in [1.82, 2.24) is 9.97 Å². The van der Waals surface area contributed by atoms with Crippen molar-refractivity contribution < 1.29 is 4.42 Å². The third-order valence-corrected chi connectivity index (χ3v) is 10.8. The minimum absolute atomic E-state index is 0.911. The molecule has 0 unspecified atom stereocenters. The molecule has 0 radical (unpaired) electrons. The number of aromatic nitrogens is 2. The Bertz CT molecular complexity index is 3210. The van der Waals surface area contributed by atoms with Gasteiger partial charge in [0.15, 0.2) is 0 Å². The highest BCUT2D eigenvalue weighted by atomic mass is 16.3. The molecule has 0 aliphatic heterocycles. The molecule has 0 aliphatic rings. The SMILES string of the molecule is c1cc(-c2cccc(-c3ccc(-c4cccc5c4oc4ccccc45)c4ccccc34)c2)cc(-c2ccc3c4ccccc4c4nccnc4c3c2)c1. The number of nitrogens with zero attached hydrogens (tertiary/aromatic N) is 2. The third kappa shape index (κ3) is 4.68. The van der Waals surface area contributed by atoms with Gasteiger partial charge in [0.05, 0.1) is 11.0 Å². The van der Waals surface area contributed by atoms with Gasteiger partial charge in [-0.1, -0.05) is 146 Å². The second-order valence-corrected chi connectivity index (χ2v) is 13.7. The molecule has 9 aromatic carbocycles. The van der Waals surface area contributed by atoms with Crippen LogP contribution in [0.4, 0.5) is 0 Å². The van der Waals surface area contributed by atoms with Crippen LogP contribution in [0.3, 0.4) is 0 Å². The first-order valence-electron chi connectivity index (χ1n) is 18.0. The van der Waals surface area contributed by atoms with Crippen LogP contribution >= 0.6 is 0 Å². The second kappa shape index (κ2) is 11.7. The van der Waals surface area contributed by atoms with E-state index in [1.807, 2.05) is 12.1 Å². The summed E-state index contributed by atoms with van der Waals surface area (Å²) in [5.74, 6) is 0. The van der Waals surface area contributed by atoms with E-state index < -0.39 is 0 Å². The number of rotatable bonds is 4. The summed E-state index contributed by atoms with van der Waals surface area (Å²) in [6.45, 7) is 0. The minimum atomic E-state index is 0.911. The molecule has 0 bridgehead atoms. The molecular formula is C50H30N2O. The van der Waals surface area contributed by atoms with Crippen molar-refractivity contribution >= 4 is 65.3 Å². The Kier molecular flexibility index (Phi) is 6.55. The summed E-state index contributed by atoms with van der Waals surface area (Å²) in [6, 6.07) is 60.9. The fourth-order valence-corrected chi connectivity index (χ4v) is 8.30. The number of fused-ring (bicyclic) bond motifs is 10. The zero-order chi connectivity index (χ0) is 34.9. The van der Waals surface area contributed by atoms with Crippen molar-refractivity contribution in [2.45, 2.75) is 0 Å². The molecule has 11 aromatic rings. The van der Waals surface area contributed by atoms with Crippen LogP contribution in [0.25, 0.3) is 110 Å². The summed E-state index contributed by atoms with van der Waals surface area (Å²) < 4.78 is 6.46. The highest BCUT2D eigenvalue weighted by Crippen LogP contribution is 2.42. The quantitative estimate of drug-likeness (QED) is 0.174. The fourth-order valence-electron chi connectivity index (χ4n) is 8.30. The van der Waals surface area contributed by atoms with E-state index in [0.717, 1.165) is 60.4 Å². The summed E-state index contributed by atoms with van der Waals surface area (Å²) in [7, 11) is 0. The highest BCUT2D eigenvalue weighted by molar-refractivity contribution is 6.23. The standard InChI is InChI=1S/C50H30N2O/c1-2-15-38-37(14-1)36(24-25-40(38)44-19-9-20-45-42-17-5-6-21-47(42)53-50(44)45)35-13-8-12-33(29-35)31-10-7-11-32(28-31)34-22-23-41-39-16-3-4-18-43(39)48-49(46(41)30-34)52-27-26-51-48/h1-30H. The van der Waals surface area contributed by atoms with E-state index in [4.69, 9.17) is 14.4 Å². The maximum absolute atomic E-state index is 6.46. The van der Waals surface area contributed by atoms with Gasteiger partial charge in [-0.15, -0.1) is 0 Å². The second-order valence-electron chi connectivity index (χ2n) is 13.7. The Hall–Kier alpha value is -7.10. The van der Waals surface area contributed by atoms with Crippen LogP contribution in [-0.2, 0) is 0 Å². The molecule has 0 atom stereocenters. The lowest BCUT2D eigenvalue weighted by atomic mass is 9.90. The Morgan fingerprint density at radius 1 is 0.302 bits per heavy atom. The Morgan fingerprint density at radius 3 is 1.60 bits per heavy atom. The van der Waals surface area contributed by atoms with Crippen molar-refractivity contribution in [2.24, 2.45) is 0 Å². The monoisotopic (exact) mass is 674 g/mol. The lowest BCUT2D eigenvalue weighted by Gasteiger charge is -2.14. The molecule has 0 fully saturated rings. The van der Waals surface area contributed by atoms with E-state index in [1.54, 1.807) is 12.4 Å². The van der Waals surface area contributed by atoms with Crippen LogP contribution in [-0.4, -0.2) is 9.97 Å². The van der Waals surface area contributed by atoms with Gasteiger partial charge in [0.1, 0.15) is 11.2 Å². The maximum Gasteiger partial charge on any atom is 0.143 e. The summed E-state index contributed by atoms with van der Waals surface area (Å²) in [5.41, 5.74) is 13.0. The number of para-hydroxylation sites is 2. The first-order chi connectivity index (χ1) is 26.3. The average molecular weight is 675 g/mol. The zero-order valence-corrected chi connectivity index (χ0v) is 28.6. The lowest BCUT2D eigenvalue weighted by Crippen LogP contribution is -1.89. The molecule has 0 saturated heterocycles. The van der Waals surface area contributed by atoms with Crippen LogP contribution in [0, 0.1) is 0 Å². The zero-order valence-electron chi connectivity index (χ0n) is 28.6. The molecule has 0 N–H and O–H groups in total. The number of furan rings is 1. The van der Waals surface area contributed by atoms with Gasteiger partial charge in [0.2, 0.25) is 0 Å². The van der Waals surface area contributed by atoms with E-state index in [2.05, 4.69) is 158 Å². The summed E-state index contributed by atoms with van der Waals surface area (Å²) in [5, 5.41) is 9.32. The van der Waals surface area contributed by atoms with Gasteiger partial charge in [-0.05, 0) is 84.8 Å². The van der Waals surface area contributed by atoms with E-state index in [0.29, 0.717) is 0 Å². The van der Waals surface area contributed by atoms with Crippen molar-refractivity contribution in [1.29, 1.82) is 0 Å². The van der Waals surface area contributed by atoms with E-state index >= 15 is 0 Å². The number of hydrogen-bond donors (Lipinski definition) is 0. The maximum atomic E-state index is 6.46. The summed E-state index contributed by atoms with van der Waals surface area (Å²) in [4.78, 5) is 9.54. The molecule has 0 amide bonds. The van der Waals surface area contributed by atoms with Crippen molar-refractivity contribution in [3.05, 3.63) is 182 Å². The first-order valence-corrected chi connectivity index (χ1v) is 18.0. The van der Waals surface area contributed by atoms with Gasteiger partial charge < -0.3 is 4.42 Å². The molecule has 2 aromatic heterocycles. The normalized spacial score (nSPS) is 11.8. The van der Waals surface area contributed by atoms with Gasteiger partial charge in [-0.2, -0.15) is 0 Å². The van der Waals surface area contributed by atoms with Crippen molar-refractivity contribution in [3.8, 4) is 44.5 Å². The summed E-state index contributed by atoms with van der Waals surface area (Å²) >= 11 is 0. The number of hydrogen-bond acceptors (Lipinski definition) is 3. The Labute approximate surface area is 305 Å². The van der Waals surface area contributed by atoms with Gasteiger partial charge in [0, 0.05) is 39.5 Å². The smallest absolute Gasteiger partial charge is 0.143 e. The van der Waals surface area contributed by atoms with Gasteiger partial charge in [0.25, 0.3) is 0 Å². The molecule has 11 rings (SSSR count). The Morgan fingerprint density at radius 2 is 0.830 bits per heavy atom. The molecule has 3 heteroatoms. The van der Waals surface area contributed by atoms with E-state index in [-0.39, 0.29) is 0 Å².